The monoisotopic (exact) mass is 260 g/mol. The Morgan fingerprint density at radius 1 is 1.35 bits per heavy atom. The van der Waals surface area contributed by atoms with Crippen LogP contribution < -0.4 is 0 Å². The fraction of sp³-hybridized carbons (Fsp3) is 0.750. The van der Waals surface area contributed by atoms with Gasteiger partial charge >= 0.3 is 0 Å². The van der Waals surface area contributed by atoms with Crippen LogP contribution in [0.2, 0.25) is 0 Å². The summed E-state index contributed by atoms with van der Waals surface area (Å²) in [5, 5.41) is 1.08. The molecule has 96 valence electrons. The molecule has 0 radical (unpaired) electrons. The predicted octanol–water partition coefficient (Wildman–Crippen LogP) is 3.24. The summed E-state index contributed by atoms with van der Waals surface area (Å²) in [7, 11) is 0. The Morgan fingerprint density at radius 3 is 2.47 bits per heavy atom. The maximum absolute atomic E-state index is 12.5. The number of hydrogen-bond acceptors (Lipinski definition) is 3. The Morgan fingerprint density at radius 2 is 2.00 bits per heavy atom. The first kappa shape index (κ1) is 12.9. The fourth-order valence-electron chi connectivity index (χ4n) is 2.29. The quantitative estimate of drug-likeness (QED) is 0.829. The first-order chi connectivity index (χ1) is 8.06. The van der Waals surface area contributed by atoms with E-state index >= 15 is 0 Å². The number of nitrogens with zero attached hydrogens (tertiary/aromatic N) is 2. The summed E-state index contributed by atoms with van der Waals surface area (Å²) < 4.78 is 25.0. The van der Waals surface area contributed by atoms with Gasteiger partial charge < -0.3 is 0 Å². The molecule has 0 atom stereocenters. The topological polar surface area (TPSA) is 16.1 Å². The second-order valence-electron chi connectivity index (χ2n) is 4.69. The van der Waals surface area contributed by atoms with Crippen molar-refractivity contribution in [3.8, 4) is 0 Å². The molecule has 0 bridgehead atoms. The number of aromatic nitrogens is 1. The number of hydrogen-bond donors (Lipinski definition) is 0. The highest BCUT2D eigenvalue weighted by atomic mass is 32.1. The average Bonchev–Trinajstić information content (AvgIpc) is 2.58. The van der Waals surface area contributed by atoms with Gasteiger partial charge in [-0.05, 0) is 39.8 Å². The fourth-order valence-corrected chi connectivity index (χ4v) is 3.27. The van der Waals surface area contributed by atoms with Crippen molar-refractivity contribution in [2.75, 3.05) is 13.1 Å². The molecule has 2 heterocycles. The zero-order valence-electron chi connectivity index (χ0n) is 10.2. The Kier molecular flexibility index (Phi) is 4.09. The van der Waals surface area contributed by atoms with E-state index in [0.29, 0.717) is 12.8 Å². The molecule has 0 aromatic carbocycles. The second kappa shape index (κ2) is 5.40. The molecule has 0 amide bonds. The number of alkyl halides is 2. The summed E-state index contributed by atoms with van der Waals surface area (Å²) >= 11 is 1.71. The molecule has 1 aromatic heterocycles. The molecule has 0 spiro atoms. The van der Waals surface area contributed by atoms with E-state index in [4.69, 9.17) is 0 Å². The minimum absolute atomic E-state index is 0.393. The van der Waals surface area contributed by atoms with Crippen LogP contribution in [0.1, 0.15) is 28.4 Å². The van der Waals surface area contributed by atoms with Crippen LogP contribution in [-0.4, -0.2) is 29.4 Å². The van der Waals surface area contributed by atoms with Gasteiger partial charge in [0.2, 0.25) is 6.43 Å². The van der Waals surface area contributed by atoms with Crippen molar-refractivity contribution in [2.45, 2.75) is 39.7 Å². The molecule has 1 aromatic rings. The van der Waals surface area contributed by atoms with E-state index in [1.54, 1.807) is 11.3 Å². The van der Waals surface area contributed by atoms with Gasteiger partial charge in [0.25, 0.3) is 0 Å². The summed E-state index contributed by atoms with van der Waals surface area (Å²) in [5.41, 5.74) is 1.09. The smallest absolute Gasteiger partial charge is 0.241 e. The predicted molar refractivity (Wildman–Crippen MR) is 65.6 cm³/mol. The number of piperidine rings is 1. The summed E-state index contributed by atoms with van der Waals surface area (Å²) in [6, 6.07) is 0. The molecule has 0 saturated carbocycles. The molecule has 1 fully saturated rings. The van der Waals surface area contributed by atoms with Crippen LogP contribution in [0.4, 0.5) is 8.78 Å². The Hall–Kier alpha value is -0.550. The van der Waals surface area contributed by atoms with Crippen molar-refractivity contribution in [1.82, 2.24) is 9.88 Å². The van der Waals surface area contributed by atoms with E-state index in [-0.39, 0.29) is 0 Å². The first-order valence-corrected chi connectivity index (χ1v) is 6.81. The molecule has 1 aliphatic heterocycles. The molecule has 1 aliphatic rings. The summed E-state index contributed by atoms with van der Waals surface area (Å²) in [6.45, 7) is 6.46. The molecule has 0 aliphatic carbocycles. The molecule has 1 saturated heterocycles. The largest absolute Gasteiger partial charge is 0.298 e. The average molecular weight is 260 g/mol. The summed E-state index contributed by atoms with van der Waals surface area (Å²) in [4.78, 5) is 7.93. The van der Waals surface area contributed by atoms with Crippen molar-refractivity contribution in [2.24, 2.45) is 5.92 Å². The number of aryl methyl sites for hydroxylation is 2. The third-order valence-electron chi connectivity index (χ3n) is 3.36. The van der Waals surface area contributed by atoms with Crippen molar-refractivity contribution in [3.63, 3.8) is 0 Å². The lowest BCUT2D eigenvalue weighted by atomic mass is 9.97. The molecule has 2 nitrogen and oxygen atoms in total. The maximum atomic E-state index is 12.5. The van der Waals surface area contributed by atoms with Crippen molar-refractivity contribution < 1.29 is 8.78 Å². The van der Waals surface area contributed by atoms with Crippen LogP contribution in [0.25, 0.3) is 0 Å². The Bertz CT molecular complexity index is 371. The van der Waals surface area contributed by atoms with Crippen molar-refractivity contribution in [3.05, 3.63) is 15.6 Å². The Balaban J connectivity index is 1.88. The summed E-state index contributed by atoms with van der Waals surface area (Å²) in [6.07, 6.45) is -0.909. The van der Waals surface area contributed by atoms with Crippen LogP contribution >= 0.6 is 11.3 Å². The molecular formula is C12H18F2N2S. The van der Waals surface area contributed by atoms with E-state index in [9.17, 15) is 8.78 Å². The lowest BCUT2D eigenvalue weighted by Gasteiger charge is -2.31. The highest BCUT2D eigenvalue weighted by Crippen LogP contribution is 2.26. The zero-order valence-corrected chi connectivity index (χ0v) is 11.1. The normalized spacial score (nSPS) is 19.1. The van der Waals surface area contributed by atoms with Crippen molar-refractivity contribution >= 4 is 11.3 Å². The Labute approximate surface area is 105 Å². The molecular weight excluding hydrogens is 242 g/mol. The highest BCUT2D eigenvalue weighted by Gasteiger charge is 2.26. The third-order valence-corrected chi connectivity index (χ3v) is 4.41. The van der Waals surface area contributed by atoms with E-state index in [1.807, 2.05) is 13.8 Å². The van der Waals surface area contributed by atoms with E-state index in [1.165, 1.54) is 4.88 Å². The summed E-state index contributed by atoms with van der Waals surface area (Å²) in [5.74, 6) is -0.393. The van der Waals surface area contributed by atoms with Crippen LogP contribution in [0.15, 0.2) is 0 Å². The zero-order chi connectivity index (χ0) is 12.4. The van der Waals surface area contributed by atoms with Gasteiger partial charge in [0.15, 0.2) is 0 Å². The second-order valence-corrected chi connectivity index (χ2v) is 5.98. The highest BCUT2D eigenvalue weighted by molar-refractivity contribution is 7.11. The molecule has 5 heteroatoms. The standard InChI is InChI=1S/C12H18F2N2S/c1-8-11(17-9(2)15-8)7-16-5-3-10(4-6-16)12(13)14/h10,12H,3-7H2,1-2H3. The number of thiazole rings is 1. The number of rotatable bonds is 3. The SMILES string of the molecule is Cc1nc(C)c(CN2CCC(C(F)F)CC2)s1. The maximum Gasteiger partial charge on any atom is 0.241 e. The van der Waals surface area contributed by atoms with Gasteiger partial charge in [-0.1, -0.05) is 0 Å². The van der Waals surface area contributed by atoms with Gasteiger partial charge in [-0.3, -0.25) is 4.90 Å². The number of likely N-dealkylation sites (tertiary alicyclic amines) is 1. The van der Waals surface area contributed by atoms with Crippen LogP contribution in [0.5, 0.6) is 0 Å². The van der Waals surface area contributed by atoms with Gasteiger partial charge in [0.1, 0.15) is 0 Å². The van der Waals surface area contributed by atoms with E-state index in [0.717, 1.165) is 30.3 Å². The van der Waals surface area contributed by atoms with E-state index < -0.39 is 12.3 Å². The van der Waals surface area contributed by atoms with Gasteiger partial charge in [0.05, 0.1) is 10.7 Å². The minimum Gasteiger partial charge on any atom is -0.298 e. The lowest BCUT2D eigenvalue weighted by Crippen LogP contribution is -2.35. The van der Waals surface area contributed by atoms with Crippen LogP contribution in [0, 0.1) is 19.8 Å². The van der Waals surface area contributed by atoms with Gasteiger partial charge in [-0.15, -0.1) is 11.3 Å². The molecule has 17 heavy (non-hydrogen) atoms. The first-order valence-electron chi connectivity index (χ1n) is 5.99. The number of halogens is 2. The van der Waals surface area contributed by atoms with Crippen molar-refractivity contribution in [1.29, 1.82) is 0 Å². The van der Waals surface area contributed by atoms with E-state index in [2.05, 4.69) is 9.88 Å². The molecule has 0 unspecified atom stereocenters. The van der Waals surface area contributed by atoms with Gasteiger partial charge in [-0.25, -0.2) is 13.8 Å². The van der Waals surface area contributed by atoms with Gasteiger partial charge in [0, 0.05) is 17.3 Å². The third kappa shape index (κ3) is 3.22. The van der Waals surface area contributed by atoms with Gasteiger partial charge in [-0.2, -0.15) is 0 Å². The lowest BCUT2D eigenvalue weighted by molar-refractivity contribution is 0.0337. The molecule has 2 rings (SSSR count). The minimum atomic E-state index is -2.15. The molecule has 0 N–H and O–H groups in total. The van der Waals surface area contributed by atoms with Crippen LogP contribution in [-0.2, 0) is 6.54 Å². The van der Waals surface area contributed by atoms with Crippen LogP contribution in [0.3, 0.4) is 0 Å².